The first kappa shape index (κ1) is 22.4. The first-order valence-electron chi connectivity index (χ1n) is 11.1. The lowest BCUT2D eigenvalue weighted by Gasteiger charge is -2.36. The molecule has 3 heterocycles. The summed E-state index contributed by atoms with van der Waals surface area (Å²) >= 11 is 0. The molecule has 5 rings (SSSR count). The van der Waals surface area contributed by atoms with Crippen molar-refractivity contribution >= 4 is 40.3 Å². The summed E-state index contributed by atoms with van der Waals surface area (Å²) in [5.74, 6) is 0.949. The molecule has 7 heteroatoms. The SMILES string of the molecule is CCn1c(-c2nc3cc(C(=O)N4C[C@@H](N)CC[C@H]4C)ccc3n2C)cc2ccccc21.Cl. The predicted molar refractivity (Wildman–Crippen MR) is 132 cm³/mol. The number of halogens is 1. The second-order valence-corrected chi connectivity index (χ2v) is 8.67. The molecule has 2 N–H and O–H groups in total. The van der Waals surface area contributed by atoms with Gasteiger partial charge in [-0.2, -0.15) is 0 Å². The highest BCUT2D eigenvalue weighted by Gasteiger charge is 2.28. The van der Waals surface area contributed by atoms with Crippen LogP contribution in [-0.2, 0) is 13.6 Å². The van der Waals surface area contributed by atoms with Crippen LogP contribution >= 0.6 is 12.4 Å². The van der Waals surface area contributed by atoms with Gasteiger partial charge in [-0.25, -0.2) is 4.98 Å². The highest BCUT2D eigenvalue weighted by Crippen LogP contribution is 2.30. The molecule has 1 aliphatic heterocycles. The molecule has 1 aliphatic rings. The Morgan fingerprint density at radius 1 is 1.12 bits per heavy atom. The van der Waals surface area contributed by atoms with Crippen LogP contribution in [0.3, 0.4) is 0 Å². The molecule has 0 spiro atoms. The highest BCUT2D eigenvalue weighted by atomic mass is 35.5. The van der Waals surface area contributed by atoms with Gasteiger partial charge in [-0.15, -0.1) is 12.4 Å². The van der Waals surface area contributed by atoms with Crippen LogP contribution in [-0.4, -0.2) is 43.6 Å². The first-order chi connectivity index (χ1) is 15.0. The van der Waals surface area contributed by atoms with Gasteiger partial charge in [-0.3, -0.25) is 4.79 Å². The molecule has 2 atom stereocenters. The number of aryl methyl sites for hydroxylation is 2. The maximum absolute atomic E-state index is 13.2. The van der Waals surface area contributed by atoms with Crippen molar-refractivity contribution in [2.45, 2.75) is 45.3 Å². The third-order valence-corrected chi connectivity index (χ3v) is 6.66. The summed E-state index contributed by atoms with van der Waals surface area (Å²) < 4.78 is 4.41. The van der Waals surface area contributed by atoms with Gasteiger partial charge in [-0.05, 0) is 57.0 Å². The number of carbonyl (C=O) groups is 1. The van der Waals surface area contributed by atoms with Crippen LogP contribution in [0, 0.1) is 0 Å². The van der Waals surface area contributed by atoms with Crippen molar-refractivity contribution in [1.82, 2.24) is 19.0 Å². The molecule has 1 amide bonds. The minimum atomic E-state index is 0. The highest BCUT2D eigenvalue weighted by molar-refractivity contribution is 5.98. The van der Waals surface area contributed by atoms with Crippen LogP contribution in [0.2, 0.25) is 0 Å². The van der Waals surface area contributed by atoms with Gasteiger partial charge in [0.25, 0.3) is 5.91 Å². The number of benzene rings is 2. The monoisotopic (exact) mass is 451 g/mol. The minimum absolute atomic E-state index is 0. The third-order valence-electron chi connectivity index (χ3n) is 6.66. The first-order valence-corrected chi connectivity index (χ1v) is 11.1. The molecule has 0 bridgehead atoms. The van der Waals surface area contributed by atoms with E-state index in [1.807, 2.05) is 30.1 Å². The number of imidazole rings is 1. The third kappa shape index (κ3) is 3.57. The summed E-state index contributed by atoms with van der Waals surface area (Å²) in [6.45, 7) is 5.73. The van der Waals surface area contributed by atoms with E-state index in [-0.39, 0.29) is 30.4 Å². The number of rotatable bonds is 3. The van der Waals surface area contributed by atoms with E-state index >= 15 is 0 Å². The van der Waals surface area contributed by atoms with E-state index in [0.29, 0.717) is 12.1 Å². The van der Waals surface area contributed by atoms with Gasteiger partial charge in [0.2, 0.25) is 0 Å². The number of carbonyl (C=O) groups excluding carboxylic acids is 1. The Morgan fingerprint density at radius 3 is 2.69 bits per heavy atom. The molecule has 2 aromatic carbocycles. The Labute approximate surface area is 194 Å². The molecule has 32 heavy (non-hydrogen) atoms. The largest absolute Gasteiger partial charge is 0.338 e. The molecule has 0 unspecified atom stereocenters. The molecule has 168 valence electrons. The Hall–Kier alpha value is -2.83. The number of piperidine rings is 1. The summed E-state index contributed by atoms with van der Waals surface area (Å²) in [6, 6.07) is 16.7. The maximum atomic E-state index is 13.2. The zero-order chi connectivity index (χ0) is 21.7. The van der Waals surface area contributed by atoms with E-state index in [2.05, 4.69) is 53.3 Å². The number of hydrogen-bond acceptors (Lipinski definition) is 3. The van der Waals surface area contributed by atoms with Crippen LogP contribution in [0.15, 0.2) is 48.5 Å². The van der Waals surface area contributed by atoms with Crippen molar-refractivity contribution < 1.29 is 4.79 Å². The second-order valence-electron chi connectivity index (χ2n) is 8.67. The molecular formula is C25H30ClN5O. The fourth-order valence-electron chi connectivity index (χ4n) is 4.88. The Bertz CT molecular complexity index is 1290. The normalized spacial score (nSPS) is 18.8. The number of para-hydroxylation sites is 1. The van der Waals surface area contributed by atoms with Gasteiger partial charge in [0, 0.05) is 48.7 Å². The standard InChI is InChI=1S/C25H29N5O.ClH/c1-4-29-21-8-6-5-7-17(21)14-23(29)24-27-20-13-18(10-12-22(20)28(24)3)25(31)30-15-19(26)11-9-16(30)2;/h5-8,10,12-14,16,19H,4,9,11,15,26H2,1-3H3;1H/t16-,19+;/m1./s1. The fourth-order valence-corrected chi connectivity index (χ4v) is 4.88. The molecule has 6 nitrogen and oxygen atoms in total. The Morgan fingerprint density at radius 2 is 1.91 bits per heavy atom. The molecular weight excluding hydrogens is 422 g/mol. The number of amides is 1. The van der Waals surface area contributed by atoms with E-state index in [0.717, 1.165) is 41.9 Å². The minimum Gasteiger partial charge on any atom is -0.338 e. The van der Waals surface area contributed by atoms with Gasteiger partial charge in [0.05, 0.1) is 16.7 Å². The quantitative estimate of drug-likeness (QED) is 0.495. The zero-order valence-electron chi connectivity index (χ0n) is 18.8. The van der Waals surface area contributed by atoms with Crippen LogP contribution < -0.4 is 5.73 Å². The number of fused-ring (bicyclic) bond motifs is 2. The Kier molecular flexibility index (Phi) is 6.01. The lowest BCUT2D eigenvalue weighted by Crippen LogP contribution is -2.50. The van der Waals surface area contributed by atoms with E-state index < -0.39 is 0 Å². The van der Waals surface area contributed by atoms with Crippen molar-refractivity contribution in [2.75, 3.05) is 6.54 Å². The van der Waals surface area contributed by atoms with E-state index in [1.165, 1.54) is 10.9 Å². The topological polar surface area (TPSA) is 69.1 Å². The number of nitrogens with two attached hydrogens (primary N) is 1. The molecule has 1 saturated heterocycles. The average molecular weight is 452 g/mol. The van der Waals surface area contributed by atoms with Crippen molar-refractivity contribution in [3.63, 3.8) is 0 Å². The number of likely N-dealkylation sites (tertiary alicyclic amines) is 1. The van der Waals surface area contributed by atoms with Gasteiger partial charge >= 0.3 is 0 Å². The summed E-state index contributed by atoms with van der Waals surface area (Å²) in [7, 11) is 2.04. The lowest BCUT2D eigenvalue weighted by molar-refractivity contribution is 0.0613. The number of nitrogens with zero attached hydrogens (tertiary/aromatic N) is 4. The van der Waals surface area contributed by atoms with Crippen LogP contribution in [0.1, 0.15) is 37.0 Å². The van der Waals surface area contributed by atoms with Crippen molar-refractivity contribution in [2.24, 2.45) is 12.8 Å². The summed E-state index contributed by atoms with van der Waals surface area (Å²) in [6.07, 6.45) is 1.92. The number of aromatic nitrogens is 3. The van der Waals surface area contributed by atoms with E-state index in [9.17, 15) is 4.79 Å². The van der Waals surface area contributed by atoms with Crippen LogP contribution in [0.5, 0.6) is 0 Å². The summed E-state index contributed by atoms with van der Waals surface area (Å²) in [4.78, 5) is 20.1. The van der Waals surface area contributed by atoms with Crippen molar-refractivity contribution in [3.05, 3.63) is 54.1 Å². The summed E-state index contributed by atoms with van der Waals surface area (Å²) in [5.41, 5.74) is 11.0. The van der Waals surface area contributed by atoms with Gasteiger partial charge < -0.3 is 19.8 Å². The molecule has 0 saturated carbocycles. The Balaban J connectivity index is 0.00000245. The molecule has 2 aromatic heterocycles. The van der Waals surface area contributed by atoms with Crippen LogP contribution in [0.4, 0.5) is 0 Å². The molecule has 0 radical (unpaired) electrons. The van der Waals surface area contributed by atoms with Crippen LogP contribution in [0.25, 0.3) is 33.5 Å². The smallest absolute Gasteiger partial charge is 0.254 e. The second kappa shape index (κ2) is 8.60. The molecule has 1 fully saturated rings. The fraction of sp³-hybridized carbons (Fsp3) is 0.360. The van der Waals surface area contributed by atoms with Crippen molar-refractivity contribution in [3.8, 4) is 11.5 Å². The number of hydrogen-bond donors (Lipinski definition) is 1. The maximum Gasteiger partial charge on any atom is 0.254 e. The average Bonchev–Trinajstić information content (AvgIpc) is 3.31. The van der Waals surface area contributed by atoms with E-state index in [4.69, 9.17) is 10.7 Å². The van der Waals surface area contributed by atoms with Crippen molar-refractivity contribution in [1.29, 1.82) is 0 Å². The molecule has 0 aliphatic carbocycles. The predicted octanol–water partition coefficient (Wildman–Crippen LogP) is 4.59. The lowest BCUT2D eigenvalue weighted by atomic mass is 9.99. The van der Waals surface area contributed by atoms with Gasteiger partial charge in [0.15, 0.2) is 5.82 Å². The van der Waals surface area contributed by atoms with E-state index in [1.54, 1.807) is 0 Å². The molecule has 4 aromatic rings. The summed E-state index contributed by atoms with van der Waals surface area (Å²) in [5, 5.41) is 1.21. The van der Waals surface area contributed by atoms with Gasteiger partial charge in [0.1, 0.15) is 0 Å². The van der Waals surface area contributed by atoms with Gasteiger partial charge in [-0.1, -0.05) is 18.2 Å². The zero-order valence-corrected chi connectivity index (χ0v) is 19.6.